The zero-order chi connectivity index (χ0) is 27.7. The van der Waals surface area contributed by atoms with Crippen molar-refractivity contribution in [1.29, 1.82) is 0 Å². The van der Waals surface area contributed by atoms with Gasteiger partial charge < -0.3 is 9.47 Å². The third kappa shape index (κ3) is 5.97. The first-order chi connectivity index (χ1) is 17.9. The summed E-state index contributed by atoms with van der Waals surface area (Å²) in [4.78, 5) is 29.6. The SMILES string of the molecule is CC1=C(C(=O)OCC(=O)OCc2ccccc2)C(c2c(F)cccc2Cl)C2C(=N1)CS(=O)(=O)CCS2(=O)=O. The second-order valence-electron chi connectivity index (χ2n) is 8.82. The van der Waals surface area contributed by atoms with Crippen LogP contribution in [0.25, 0.3) is 0 Å². The van der Waals surface area contributed by atoms with Crippen LogP contribution < -0.4 is 0 Å². The fraction of sp³-hybridized carbons (Fsp3) is 0.320. The van der Waals surface area contributed by atoms with Crippen LogP contribution in [0.2, 0.25) is 5.02 Å². The topological polar surface area (TPSA) is 133 Å². The Kier molecular flexibility index (Phi) is 8.05. The van der Waals surface area contributed by atoms with E-state index in [-0.39, 0.29) is 34.2 Å². The molecule has 1 fully saturated rings. The number of ether oxygens (including phenoxy) is 2. The third-order valence-electron chi connectivity index (χ3n) is 6.17. The Bertz CT molecular complexity index is 1530. The van der Waals surface area contributed by atoms with Crippen molar-refractivity contribution < 1.29 is 40.3 Å². The van der Waals surface area contributed by atoms with Crippen LogP contribution in [0.4, 0.5) is 4.39 Å². The Morgan fingerprint density at radius 3 is 2.42 bits per heavy atom. The van der Waals surface area contributed by atoms with E-state index >= 15 is 4.39 Å². The van der Waals surface area contributed by atoms with Crippen molar-refractivity contribution in [1.82, 2.24) is 0 Å². The lowest BCUT2D eigenvalue weighted by Crippen LogP contribution is -2.43. The summed E-state index contributed by atoms with van der Waals surface area (Å²) in [5, 5.41) is -1.84. The summed E-state index contributed by atoms with van der Waals surface area (Å²) in [6.45, 7) is 0.483. The number of fused-ring (bicyclic) bond motifs is 1. The molecule has 38 heavy (non-hydrogen) atoms. The Morgan fingerprint density at radius 1 is 1.03 bits per heavy atom. The quantitative estimate of drug-likeness (QED) is 0.474. The molecule has 0 saturated carbocycles. The van der Waals surface area contributed by atoms with Crippen LogP contribution in [0, 0.1) is 5.82 Å². The third-order valence-corrected chi connectivity index (χ3v) is 10.4. The highest BCUT2D eigenvalue weighted by molar-refractivity contribution is 7.97. The molecular formula is C25H23ClFNO8S2. The minimum Gasteiger partial charge on any atom is -0.458 e. The van der Waals surface area contributed by atoms with Gasteiger partial charge in [0.25, 0.3) is 0 Å². The second kappa shape index (κ2) is 11.0. The van der Waals surface area contributed by atoms with Gasteiger partial charge in [0.1, 0.15) is 17.7 Å². The van der Waals surface area contributed by atoms with Crippen molar-refractivity contribution in [3.8, 4) is 0 Å². The molecule has 0 spiro atoms. The predicted molar refractivity (Wildman–Crippen MR) is 138 cm³/mol. The number of carbonyl (C=O) groups is 2. The van der Waals surface area contributed by atoms with Crippen molar-refractivity contribution in [3.63, 3.8) is 0 Å². The van der Waals surface area contributed by atoms with E-state index in [1.165, 1.54) is 19.1 Å². The average molecular weight is 584 g/mol. The Balaban J connectivity index is 1.70. The molecule has 2 aromatic rings. The number of sulfone groups is 2. The minimum absolute atomic E-state index is 0.0607. The van der Waals surface area contributed by atoms with Crippen LogP contribution in [0.15, 0.2) is 64.8 Å². The van der Waals surface area contributed by atoms with Crippen LogP contribution in [0.5, 0.6) is 0 Å². The average Bonchev–Trinajstić information content (AvgIpc) is 2.94. The van der Waals surface area contributed by atoms with Gasteiger partial charge in [-0.25, -0.2) is 30.8 Å². The molecule has 2 atom stereocenters. The Morgan fingerprint density at radius 2 is 1.74 bits per heavy atom. The van der Waals surface area contributed by atoms with E-state index in [0.29, 0.717) is 5.56 Å². The first kappa shape index (κ1) is 27.9. The lowest BCUT2D eigenvalue weighted by Gasteiger charge is -2.33. The molecule has 0 radical (unpaired) electrons. The number of hydrogen-bond donors (Lipinski definition) is 0. The molecule has 2 unspecified atom stereocenters. The summed E-state index contributed by atoms with van der Waals surface area (Å²) in [6, 6.07) is 12.5. The van der Waals surface area contributed by atoms with E-state index in [2.05, 4.69) is 4.99 Å². The Labute approximate surface area is 224 Å². The van der Waals surface area contributed by atoms with Gasteiger partial charge in [-0.2, -0.15) is 0 Å². The van der Waals surface area contributed by atoms with Gasteiger partial charge in [0.05, 0.1) is 28.5 Å². The van der Waals surface area contributed by atoms with Gasteiger partial charge in [-0.05, 0) is 24.6 Å². The number of aliphatic imine (C=N–C) groups is 1. The number of hydrogen-bond acceptors (Lipinski definition) is 9. The van der Waals surface area contributed by atoms with Crippen LogP contribution in [0.1, 0.15) is 24.0 Å². The standard InChI is InChI=1S/C25H23ClFNO8S2/c1-15-21(25(30)36-13-20(29)35-12-16-6-3-2-4-7-16)23(22-17(26)8-5-9-18(22)27)24-19(28-15)14-37(31,32)10-11-38(24,33)34/h2-9,23-24H,10-14H2,1H3. The maximum absolute atomic E-state index is 15.2. The van der Waals surface area contributed by atoms with E-state index in [1.807, 2.05) is 0 Å². The van der Waals surface area contributed by atoms with Crippen molar-refractivity contribution in [2.75, 3.05) is 23.9 Å². The van der Waals surface area contributed by atoms with Crippen molar-refractivity contribution in [2.45, 2.75) is 24.7 Å². The fourth-order valence-corrected chi connectivity index (χ4v) is 9.13. The zero-order valence-corrected chi connectivity index (χ0v) is 22.5. The summed E-state index contributed by atoms with van der Waals surface area (Å²) >= 11 is 6.29. The Hall–Kier alpha value is -3.09. The number of allylic oxidation sites excluding steroid dienone is 1. The van der Waals surface area contributed by atoms with Crippen molar-refractivity contribution in [3.05, 3.63) is 81.8 Å². The van der Waals surface area contributed by atoms with E-state index in [0.717, 1.165) is 6.07 Å². The molecule has 9 nitrogen and oxygen atoms in total. The summed E-state index contributed by atoms with van der Waals surface area (Å²) in [5.74, 6) is -6.51. The highest BCUT2D eigenvalue weighted by Crippen LogP contribution is 2.43. The van der Waals surface area contributed by atoms with E-state index < -0.39 is 72.5 Å². The normalized spacial score (nSPS) is 22.0. The summed E-state index contributed by atoms with van der Waals surface area (Å²) in [6.07, 6.45) is 0. The van der Waals surface area contributed by atoms with Crippen LogP contribution in [-0.2, 0) is 45.3 Å². The van der Waals surface area contributed by atoms with Gasteiger partial charge in [0.15, 0.2) is 26.3 Å². The van der Waals surface area contributed by atoms with Crippen LogP contribution >= 0.6 is 11.6 Å². The molecule has 0 aliphatic carbocycles. The number of carbonyl (C=O) groups excluding carboxylic acids is 2. The molecule has 1 saturated heterocycles. The number of halogens is 2. The molecule has 0 bridgehead atoms. The van der Waals surface area contributed by atoms with Crippen molar-refractivity contribution >= 4 is 48.9 Å². The molecule has 2 aromatic carbocycles. The van der Waals surface area contributed by atoms with Gasteiger partial charge in [-0.15, -0.1) is 0 Å². The number of rotatable bonds is 6. The van der Waals surface area contributed by atoms with E-state index in [1.54, 1.807) is 30.3 Å². The zero-order valence-electron chi connectivity index (χ0n) is 20.1. The summed E-state index contributed by atoms with van der Waals surface area (Å²) < 4.78 is 76.9. The van der Waals surface area contributed by atoms with Crippen LogP contribution in [0.3, 0.4) is 0 Å². The largest absolute Gasteiger partial charge is 0.458 e. The lowest BCUT2D eigenvalue weighted by atomic mass is 9.83. The molecule has 2 heterocycles. The molecule has 13 heteroatoms. The number of esters is 2. The first-order valence-electron chi connectivity index (χ1n) is 11.4. The monoisotopic (exact) mass is 583 g/mol. The molecule has 0 aromatic heterocycles. The van der Waals surface area contributed by atoms with Crippen LogP contribution in [-0.4, -0.2) is 63.6 Å². The first-order valence-corrected chi connectivity index (χ1v) is 15.3. The highest BCUT2D eigenvalue weighted by Gasteiger charge is 2.50. The molecule has 2 aliphatic rings. The summed E-state index contributed by atoms with van der Waals surface area (Å²) in [7, 11) is -8.09. The van der Waals surface area contributed by atoms with E-state index in [4.69, 9.17) is 21.1 Å². The fourth-order valence-electron chi connectivity index (χ4n) is 4.46. The van der Waals surface area contributed by atoms with Gasteiger partial charge in [0.2, 0.25) is 0 Å². The van der Waals surface area contributed by atoms with Gasteiger partial charge in [-0.1, -0.05) is 48.0 Å². The highest BCUT2D eigenvalue weighted by atomic mass is 35.5. The van der Waals surface area contributed by atoms with Crippen molar-refractivity contribution in [2.24, 2.45) is 4.99 Å². The molecule has 0 N–H and O–H groups in total. The molecule has 202 valence electrons. The minimum atomic E-state index is -4.25. The van der Waals surface area contributed by atoms with Gasteiger partial charge in [-0.3, -0.25) is 4.99 Å². The molecule has 0 amide bonds. The van der Waals surface area contributed by atoms with E-state index in [9.17, 15) is 26.4 Å². The molecular weight excluding hydrogens is 561 g/mol. The molecule has 4 rings (SSSR count). The second-order valence-corrected chi connectivity index (χ2v) is 13.7. The maximum Gasteiger partial charge on any atom is 0.344 e. The molecule has 2 aliphatic heterocycles. The van der Waals surface area contributed by atoms with Gasteiger partial charge >= 0.3 is 11.9 Å². The smallest absolute Gasteiger partial charge is 0.344 e. The lowest BCUT2D eigenvalue weighted by molar-refractivity contribution is -0.157. The maximum atomic E-state index is 15.2. The van der Waals surface area contributed by atoms with Gasteiger partial charge in [0, 0.05) is 22.2 Å². The summed E-state index contributed by atoms with van der Waals surface area (Å²) in [5.41, 5.74) is -0.252. The number of nitrogens with zero attached hydrogens (tertiary/aromatic N) is 1. The predicted octanol–water partition coefficient (Wildman–Crippen LogP) is 2.79. The number of benzene rings is 2.